The Balaban J connectivity index is 1.50. The van der Waals surface area contributed by atoms with E-state index in [0.717, 1.165) is 23.3 Å². The van der Waals surface area contributed by atoms with Crippen LogP contribution in [0.3, 0.4) is 0 Å². The summed E-state index contributed by atoms with van der Waals surface area (Å²) in [5.41, 5.74) is 4.08. The van der Waals surface area contributed by atoms with Crippen LogP contribution in [-0.4, -0.2) is 61.6 Å². The van der Waals surface area contributed by atoms with Crippen molar-refractivity contribution in [1.82, 2.24) is 9.80 Å². The van der Waals surface area contributed by atoms with Crippen LogP contribution in [0.15, 0.2) is 60.0 Å². The average Bonchev–Trinajstić information content (AvgIpc) is 3.40. The lowest BCUT2D eigenvalue weighted by atomic mass is 10.00. The topological polar surface area (TPSA) is 59.1 Å². The summed E-state index contributed by atoms with van der Waals surface area (Å²) in [4.78, 5) is 32.0. The van der Waals surface area contributed by atoms with Crippen molar-refractivity contribution >= 4 is 23.2 Å². The molecule has 0 fully saturated rings. The van der Waals surface area contributed by atoms with Crippen molar-refractivity contribution in [3.63, 3.8) is 0 Å². The number of ether oxygens (including phenoxy) is 2. The van der Waals surface area contributed by atoms with Crippen molar-refractivity contribution in [3.05, 3.63) is 87.1 Å². The fraction of sp³-hybridized carbons (Fsp3) is 0.419. The minimum atomic E-state index is -0.197. The molecule has 0 bridgehead atoms. The van der Waals surface area contributed by atoms with E-state index in [1.807, 2.05) is 48.2 Å². The monoisotopic (exact) mass is 534 g/mol. The molecule has 6 nitrogen and oxygen atoms in total. The number of methoxy groups -OCH3 is 1. The van der Waals surface area contributed by atoms with Crippen molar-refractivity contribution < 1.29 is 19.1 Å². The van der Waals surface area contributed by atoms with Crippen molar-refractivity contribution in [2.45, 2.75) is 45.6 Å². The second-order valence-electron chi connectivity index (χ2n) is 10.1. The molecule has 1 aromatic heterocycles. The third kappa shape index (κ3) is 6.83. The second kappa shape index (κ2) is 13.1. The molecule has 0 saturated heterocycles. The zero-order chi connectivity index (χ0) is 27.1. The Morgan fingerprint density at radius 3 is 2.50 bits per heavy atom. The van der Waals surface area contributed by atoms with Crippen LogP contribution in [0.5, 0.6) is 5.75 Å². The molecule has 0 unspecified atom stereocenters. The molecule has 1 aliphatic heterocycles. The van der Waals surface area contributed by atoms with Gasteiger partial charge in [-0.15, -0.1) is 11.3 Å². The highest BCUT2D eigenvalue weighted by molar-refractivity contribution is 7.10. The van der Waals surface area contributed by atoms with Crippen LogP contribution < -0.4 is 4.74 Å². The predicted octanol–water partition coefficient (Wildman–Crippen LogP) is 5.86. The molecule has 0 radical (unpaired) electrons. The first-order valence-electron chi connectivity index (χ1n) is 13.3. The number of thiophene rings is 1. The summed E-state index contributed by atoms with van der Waals surface area (Å²) in [6.07, 6.45) is 1.48. The van der Waals surface area contributed by atoms with Gasteiger partial charge in [-0.1, -0.05) is 43.7 Å². The first-order valence-corrected chi connectivity index (χ1v) is 14.2. The molecular weight excluding hydrogens is 496 g/mol. The van der Waals surface area contributed by atoms with Gasteiger partial charge in [0.05, 0.1) is 6.04 Å². The molecule has 1 atom stereocenters. The van der Waals surface area contributed by atoms with E-state index in [2.05, 4.69) is 37.4 Å². The normalized spacial score (nSPS) is 14.9. The molecule has 2 aromatic carbocycles. The number of amides is 2. The number of fused-ring (bicyclic) bond motifs is 1. The molecule has 38 heavy (non-hydrogen) atoms. The van der Waals surface area contributed by atoms with E-state index < -0.39 is 0 Å². The molecule has 4 rings (SSSR count). The first-order chi connectivity index (χ1) is 18.4. The van der Waals surface area contributed by atoms with Crippen LogP contribution in [-0.2, 0) is 16.0 Å². The molecule has 0 saturated carbocycles. The Labute approximate surface area is 230 Å². The number of hydrogen-bond acceptors (Lipinski definition) is 5. The summed E-state index contributed by atoms with van der Waals surface area (Å²) in [6, 6.07) is 17.6. The van der Waals surface area contributed by atoms with Crippen LogP contribution in [0.2, 0.25) is 0 Å². The van der Waals surface area contributed by atoms with Crippen LogP contribution >= 0.6 is 11.3 Å². The van der Waals surface area contributed by atoms with Gasteiger partial charge in [0.1, 0.15) is 18.9 Å². The van der Waals surface area contributed by atoms with Crippen molar-refractivity contribution in [1.29, 1.82) is 0 Å². The van der Waals surface area contributed by atoms with E-state index in [1.54, 1.807) is 23.3 Å². The van der Waals surface area contributed by atoms with Gasteiger partial charge in [0, 0.05) is 37.2 Å². The summed E-state index contributed by atoms with van der Waals surface area (Å²) in [6.45, 7) is 8.30. The maximum Gasteiger partial charge on any atom is 0.254 e. The number of aryl methyl sites for hydroxylation is 1. The highest BCUT2D eigenvalue weighted by Crippen LogP contribution is 2.34. The lowest BCUT2D eigenvalue weighted by molar-refractivity contribution is -0.135. The Morgan fingerprint density at radius 1 is 1.08 bits per heavy atom. The molecule has 0 aliphatic carbocycles. The summed E-state index contributed by atoms with van der Waals surface area (Å²) in [5, 5.41) is 2.08. The Morgan fingerprint density at radius 2 is 1.82 bits per heavy atom. The summed E-state index contributed by atoms with van der Waals surface area (Å²) in [7, 11) is 1.64. The molecule has 0 spiro atoms. The van der Waals surface area contributed by atoms with E-state index in [4.69, 9.17) is 9.47 Å². The third-order valence-electron chi connectivity index (χ3n) is 7.06. The average molecular weight is 535 g/mol. The zero-order valence-electron chi connectivity index (χ0n) is 22.8. The summed E-state index contributed by atoms with van der Waals surface area (Å²) < 4.78 is 11.4. The molecule has 1 aliphatic rings. The van der Waals surface area contributed by atoms with E-state index in [9.17, 15) is 9.59 Å². The smallest absolute Gasteiger partial charge is 0.254 e. The molecule has 7 heteroatoms. The fourth-order valence-corrected chi connectivity index (χ4v) is 5.71. The summed E-state index contributed by atoms with van der Waals surface area (Å²) >= 11 is 1.73. The summed E-state index contributed by atoms with van der Waals surface area (Å²) in [5.74, 6) is 1.04. The number of carbonyl (C=O) groups is 2. The van der Waals surface area contributed by atoms with Crippen LogP contribution in [0.1, 0.15) is 64.2 Å². The van der Waals surface area contributed by atoms with Gasteiger partial charge >= 0.3 is 0 Å². The van der Waals surface area contributed by atoms with Crippen molar-refractivity contribution in [2.75, 3.05) is 40.0 Å². The maximum atomic E-state index is 13.8. The number of rotatable bonds is 11. The predicted molar refractivity (Wildman–Crippen MR) is 152 cm³/mol. The second-order valence-corrected chi connectivity index (χ2v) is 11.1. The Bertz CT molecular complexity index is 1200. The van der Waals surface area contributed by atoms with Gasteiger partial charge in [-0.05, 0) is 72.5 Å². The highest BCUT2D eigenvalue weighted by Gasteiger charge is 2.33. The van der Waals surface area contributed by atoms with Crippen molar-refractivity contribution in [2.24, 2.45) is 0 Å². The van der Waals surface area contributed by atoms with E-state index >= 15 is 0 Å². The van der Waals surface area contributed by atoms with Gasteiger partial charge in [0.15, 0.2) is 0 Å². The zero-order valence-corrected chi connectivity index (χ0v) is 23.6. The number of benzene rings is 2. The maximum absolute atomic E-state index is 13.8. The molecule has 202 valence electrons. The Kier molecular flexibility index (Phi) is 9.58. The van der Waals surface area contributed by atoms with Crippen LogP contribution in [0.25, 0.3) is 0 Å². The van der Waals surface area contributed by atoms with Crippen LogP contribution in [0, 0.1) is 6.92 Å². The van der Waals surface area contributed by atoms with Gasteiger partial charge in [-0.25, -0.2) is 0 Å². The number of nitrogens with zero attached hydrogens (tertiary/aromatic N) is 2. The van der Waals surface area contributed by atoms with Gasteiger partial charge in [0.25, 0.3) is 5.91 Å². The SMILES string of the molecule is COCCCN(CC(=O)N1CCc2sccc2[C@@H]1COc1ccc(C(C)C)cc1)C(=O)c1ccc(C)cc1. The quantitative estimate of drug-likeness (QED) is 0.289. The molecule has 0 N–H and O–H groups in total. The number of hydrogen-bond donors (Lipinski definition) is 0. The van der Waals surface area contributed by atoms with E-state index in [0.29, 0.717) is 44.2 Å². The standard InChI is InChI=1S/C31H38N2O4S/c1-22(2)24-10-12-26(13-11-24)37-21-28-27-15-19-38-29(27)14-17-33(28)30(34)20-32(16-5-18-36-4)31(35)25-8-6-23(3)7-9-25/h6-13,15,19,22,28H,5,14,16-18,20-21H2,1-4H3/t28-/m0/s1. The molecule has 3 aromatic rings. The lowest BCUT2D eigenvalue weighted by Crippen LogP contribution is -2.48. The molecular formula is C31H38N2O4S. The molecule has 2 amide bonds. The Hall–Kier alpha value is -3.16. The lowest BCUT2D eigenvalue weighted by Gasteiger charge is -2.37. The van der Waals surface area contributed by atoms with Gasteiger partial charge in [0.2, 0.25) is 5.91 Å². The highest BCUT2D eigenvalue weighted by atomic mass is 32.1. The minimum Gasteiger partial charge on any atom is -0.491 e. The van der Waals surface area contributed by atoms with E-state index in [-0.39, 0.29) is 24.4 Å². The van der Waals surface area contributed by atoms with E-state index in [1.165, 1.54) is 10.4 Å². The third-order valence-corrected chi connectivity index (χ3v) is 8.05. The fourth-order valence-electron chi connectivity index (χ4n) is 4.78. The van der Waals surface area contributed by atoms with Crippen molar-refractivity contribution in [3.8, 4) is 5.75 Å². The van der Waals surface area contributed by atoms with Gasteiger partial charge in [-0.3, -0.25) is 9.59 Å². The molecule has 2 heterocycles. The van der Waals surface area contributed by atoms with Crippen LogP contribution in [0.4, 0.5) is 0 Å². The van der Waals surface area contributed by atoms with Gasteiger partial charge in [-0.2, -0.15) is 0 Å². The van der Waals surface area contributed by atoms with Gasteiger partial charge < -0.3 is 19.3 Å². The first kappa shape index (κ1) is 27.9. The minimum absolute atomic E-state index is 0.0233. The largest absolute Gasteiger partial charge is 0.491 e. The number of carbonyl (C=O) groups excluding carboxylic acids is 2.